The van der Waals surface area contributed by atoms with E-state index in [0.717, 1.165) is 10.8 Å². The van der Waals surface area contributed by atoms with Crippen LogP contribution in [-0.4, -0.2) is 25.1 Å². The molecular formula is C21H18O4. The number of carbonyl (C=O) groups excluding carboxylic acids is 1. The Bertz CT molecular complexity index is 932. The van der Waals surface area contributed by atoms with E-state index in [1.807, 2.05) is 42.5 Å². The molecule has 0 aliphatic rings. The molecule has 0 aliphatic carbocycles. The fraction of sp³-hybridized carbons (Fsp3) is 0.0952. The predicted molar refractivity (Wildman–Crippen MR) is 98.5 cm³/mol. The maximum Gasteiger partial charge on any atom is 0.200 e. The smallest absolute Gasteiger partial charge is 0.200 e. The van der Waals surface area contributed by atoms with Crippen LogP contribution >= 0.6 is 0 Å². The first-order valence-electron chi connectivity index (χ1n) is 7.78. The Balaban J connectivity index is 1.89. The molecule has 0 amide bonds. The molecule has 3 rings (SSSR count). The summed E-state index contributed by atoms with van der Waals surface area (Å²) in [6.07, 6.45) is 3.16. The van der Waals surface area contributed by atoms with Crippen LogP contribution < -0.4 is 9.47 Å². The first kappa shape index (κ1) is 16.6. The van der Waals surface area contributed by atoms with Gasteiger partial charge in [0.25, 0.3) is 0 Å². The van der Waals surface area contributed by atoms with E-state index in [1.165, 1.54) is 20.3 Å². The van der Waals surface area contributed by atoms with Crippen LogP contribution in [0.15, 0.2) is 60.7 Å². The van der Waals surface area contributed by atoms with Crippen molar-refractivity contribution >= 4 is 22.6 Å². The van der Waals surface area contributed by atoms with Crippen LogP contribution in [0.25, 0.3) is 16.8 Å². The van der Waals surface area contributed by atoms with Gasteiger partial charge in [0.2, 0.25) is 5.75 Å². The van der Waals surface area contributed by atoms with Crippen LogP contribution in [-0.2, 0) is 0 Å². The summed E-state index contributed by atoms with van der Waals surface area (Å²) >= 11 is 0. The second kappa shape index (κ2) is 7.09. The number of methoxy groups -OCH3 is 2. The number of ketones is 1. The molecule has 0 radical (unpaired) electrons. The van der Waals surface area contributed by atoms with Crippen LogP contribution in [0.3, 0.4) is 0 Å². The summed E-state index contributed by atoms with van der Waals surface area (Å²) < 4.78 is 10.2. The van der Waals surface area contributed by atoms with Gasteiger partial charge in [-0.15, -0.1) is 0 Å². The van der Waals surface area contributed by atoms with E-state index < -0.39 is 0 Å². The van der Waals surface area contributed by atoms with Crippen molar-refractivity contribution in [1.82, 2.24) is 0 Å². The zero-order valence-electron chi connectivity index (χ0n) is 14.0. The normalized spacial score (nSPS) is 11.0. The van der Waals surface area contributed by atoms with Gasteiger partial charge in [-0.1, -0.05) is 42.5 Å². The minimum atomic E-state index is -0.100. The van der Waals surface area contributed by atoms with Gasteiger partial charge in [0, 0.05) is 5.56 Å². The van der Waals surface area contributed by atoms with Gasteiger partial charge in [-0.05, 0) is 40.6 Å². The van der Waals surface area contributed by atoms with Crippen molar-refractivity contribution in [3.8, 4) is 17.2 Å². The first-order chi connectivity index (χ1) is 12.1. The van der Waals surface area contributed by atoms with Crippen LogP contribution in [0.5, 0.6) is 17.2 Å². The zero-order valence-corrected chi connectivity index (χ0v) is 14.0. The number of phenolic OH excluding ortho intramolecular Hbond substituents is 1. The van der Waals surface area contributed by atoms with Crippen LogP contribution in [0.1, 0.15) is 15.9 Å². The quantitative estimate of drug-likeness (QED) is 0.553. The average Bonchev–Trinajstić information content (AvgIpc) is 2.66. The molecule has 0 unspecified atom stereocenters. The molecule has 0 saturated heterocycles. The number of aromatic hydroxyl groups is 1. The highest BCUT2D eigenvalue weighted by Crippen LogP contribution is 2.37. The summed E-state index contributed by atoms with van der Waals surface area (Å²) in [6.45, 7) is 0. The average molecular weight is 334 g/mol. The minimum absolute atomic E-state index is 0.0667. The van der Waals surface area contributed by atoms with E-state index in [1.54, 1.807) is 18.2 Å². The summed E-state index contributed by atoms with van der Waals surface area (Å²) in [5, 5.41) is 12.0. The fourth-order valence-electron chi connectivity index (χ4n) is 2.62. The summed E-state index contributed by atoms with van der Waals surface area (Å²) in [4.78, 5) is 12.4. The summed E-state index contributed by atoms with van der Waals surface area (Å²) in [5.41, 5.74) is 1.31. The Morgan fingerprint density at radius 1 is 0.920 bits per heavy atom. The monoisotopic (exact) mass is 334 g/mol. The lowest BCUT2D eigenvalue weighted by atomic mass is 10.0. The summed E-state index contributed by atoms with van der Waals surface area (Å²) in [6, 6.07) is 16.8. The van der Waals surface area contributed by atoms with E-state index in [4.69, 9.17) is 9.47 Å². The fourth-order valence-corrected chi connectivity index (χ4v) is 2.62. The van der Waals surface area contributed by atoms with Gasteiger partial charge < -0.3 is 14.6 Å². The van der Waals surface area contributed by atoms with E-state index in [9.17, 15) is 9.90 Å². The number of ether oxygens (including phenoxy) is 2. The number of allylic oxidation sites excluding steroid dienone is 1. The zero-order chi connectivity index (χ0) is 17.8. The summed E-state index contributed by atoms with van der Waals surface area (Å²) in [7, 11) is 2.92. The Hall–Kier alpha value is -3.27. The van der Waals surface area contributed by atoms with Gasteiger partial charge in [0.1, 0.15) is 0 Å². The topological polar surface area (TPSA) is 55.8 Å². The van der Waals surface area contributed by atoms with Crippen molar-refractivity contribution in [3.05, 3.63) is 71.8 Å². The first-order valence-corrected chi connectivity index (χ1v) is 7.78. The van der Waals surface area contributed by atoms with Gasteiger partial charge in [-0.25, -0.2) is 0 Å². The summed E-state index contributed by atoms with van der Waals surface area (Å²) in [5.74, 6) is 0.411. The molecule has 0 fully saturated rings. The highest BCUT2D eigenvalue weighted by molar-refractivity contribution is 6.08. The van der Waals surface area contributed by atoms with Crippen molar-refractivity contribution in [2.45, 2.75) is 0 Å². The maximum absolute atomic E-state index is 12.4. The van der Waals surface area contributed by atoms with Crippen molar-refractivity contribution in [3.63, 3.8) is 0 Å². The van der Waals surface area contributed by atoms with E-state index in [2.05, 4.69) is 0 Å². The SMILES string of the molecule is COc1cc(C=CC(=O)c2ccc3ccccc3c2)cc(OC)c1O. The molecule has 1 N–H and O–H groups in total. The number of hydrogen-bond acceptors (Lipinski definition) is 4. The molecule has 0 heterocycles. The largest absolute Gasteiger partial charge is 0.502 e. The third kappa shape index (κ3) is 3.48. The Morgan fingerprint density at radius 3 is 2.20 bits per heavy atom. The lowest BCUT2D eigenvalue weighted by Gasteiger charge is -2.09. The molecule has 0 aromatic heterocycles. The van der Waals surface area contributed by atoms with Gasteiger partial charge >= 0.3 is 0 Å². The van der Waals surface area contributed by atoms with Crippen LogP contribution in [0.2, 0.25) is 0 Å². The number of phenols is 1. The maximum atomic E-state index is 12.4. The molecule has 0 bridgehead atoms. The molecule has 126 valence electrons. The van der Waals surface area contributed by atoms with Crippen LogP contribution in [0.4, 0.5) is 0 Å². The lowest BCUT2D eigenvalue weighted by molar-refractivity contribution is 0.104. The van der Waals surface area contributed by atoms with Crippen molar-refractivity contribution < 1.29 is 19.4 Å². The molecule has 0 aliphatic heterocycles. The second-order valence-corrected chi connectivity index (χ2v) is 5.53. The van der Waals surface area contributed by atoms with Crippen LogP contribution in [0, 0.1) is 0 Å². The second-order valence-electron chi connectivity index (χ2n) is 5.53. The Morgan fingerprint density at radius 2 is 1.56 bits per heavy atom. The van der Waals surface area contributed by atoms with Gasteiger partial charge in [0.05, 0.1) is 14.2 Å². The molecule has 0 spiro atoms. The van der Waals surface area contributed by atoms with Crippen molar-refractivity contribution in [2.24, 2.45) is 0 Å². The number of rotatable bonds is 5. The third-order valence-electron chi connectivity index (χ3n) is 3.96. The Kier molecular flexibility index (Phi) is 4.70. The number of benzene rings is 3. The predicted octanol–water partition coefficient (Wildman–Crippen LogP) is 4.46. The van der Waals surface area contributed by atoms with Gasteiger partial charge in [-0.3, -0.25) is 4.79 Å². The van der Waals surface area contributed by atoms with Crippen molar-refractivity contribution in [2.75, 3.05) is 14.2 Å². The third-order valence-corrected chi connectivity index (χ3v) is 3.96. The minimum Gasteiger partial charge on any atom is -0.502 e. The number of carbonyl (C=O) groups is 1. The van der Waals surface area contributed by atoms with Gasteiger partial charge in [0.15, 0.2) is 17.3 Å². The van der Waals surface area contributed by atoms with Crippen molar-refractivity contribution in [1.29, 1.82) is 0 Å². The molecule has 0 saturated carbocycles. The molecular weight excluding hydrogens is 316 g/mol. The lowest BCUT2D eigenvalue weighted by Crippen LogP contribution is -1.94. The van der Waals surface area contributed by atoms with E-state index >= 15 is 0 Å². The highest BCUT2D eigenvalue weighted by Gasteiger charge is 2.10. The molecule has 4 heteroatoms. The number of fused-ring (bicyclic) bond motifs is 1. The highest BCUT2D eigenvalue weighted by atomic mass is 16.5. The standard InChI is InChI=1S/C21H18O4/c1-24-19-11-14(12-20(25-2)21(19)23)7-10-18(22)17-9-8-15-5-3-4-6-16(15)13-17/h3-13,23H,1-2H3. The molecule has 3 aromatic rings. The van der Waals surface area contributed by atoms with E-state index in [-0.39, 0.29) is 23.0 Å². The molecule has 25 heavy (non-hydrogen) atoms. The Labute approximate surface area is 145 Å². The molecule has 3 aromatic carbocycles. The molecule has 4 nitrogen and oxygen atoms in total. The number of hydrogen-bond donors (Lipinski definition) is 1. The molecule has 0 atom stereocenters. The van der Waals surface area contributed by atoms with Gasteiger partial charge in [-0.2, -0.15) is 0 Å². The van der Waals surface area contributed by atoms with E-state index in [0.29, 0.717) is 11.1 Å².